The second-order valence-electron chi connectivity index (χ2n) is 8.33. The van der Waals surface area contributed by atoms with Crippen LogP contribution in [0, 0.1) is 5.92 Å². The van der Waals surface area contributed by atoms with Crippen molar-refractivity contribution in [2.45, 2.75) is 37.8 Å². The molecule has 3 atom stereocenters. The van der Waals surface area contributed by atoms with Gasteiger partial charge in [0.15, 0.2) is 0 Å². The second kappa shape index (κ2) is 6.81. The molecule has 4 heteroatoms. The standard InChI is InChI=1S/C21H30N3.BrH/c1-22-11-5-7-20(22)19(21-8-6-12-23(21)2)15-16-13-17-9-10-18(14-16)24(17,3)4;/h5-8,11-12,15-18H,9-10,13-14H2,1-4H3;1H/q+1;/p-1/t16-,17+,18-;. The number of rotatable bonds is 3. The fourth-order valence-corrected chi connectivity index (χ4v) is 5.08. The van der Waals surface area contributed by atoms with E-state index in [9.17, 15) is 0 Å². The molecule has 2 aromatic rings. The lowest BCUT2D eigenvalue weighted by atomic mass is 9.87. The van der Waals surface area contributed by atoms with Crippen LogP contribution >= 0.6 is 0 Å². The predicted molar refractivity (Wildman–Crippen MR) is 99.5 cm³/mol. The number of hydrogen-bond donors (Lipinski definition) is 0. The van der Waals surface area contributed by atoms with Gasteiger partial charge in [-0.05, 0) is 30.2 Å². The van der Waals surface area contributed by atoms with Crippen molar-refractivity contribution in [3.8, 4) is 0 Å². The molecule has 25 heavy (non-hydrogen) atoms. The van der Waals surface area contributed by atoms with Crippen molar-refractivity contribution in [2.75, 3.05) is 14.1 Å². The van der Waals surface area contributed by atoms with Gasteiger partial charge in [-0.2, -0.15) is 0 Å². The molecule has 0 saturated carbocycles. The van der Waals surface area contributed by atoms with E-state index in [-0.39, 0.29) is 17.0 Å². The smallest absolute Gasteiger partial charge is 0.0896 e. The summed E-state index contributed by atoms with van der Waals surface area (Å²) >= 11 is 0. The molecule has 3 nitrogen and oxygen atoms in total. The minimum atomic E-state index is 0. The Bertz CT molecular complexity index is 709. The van der Waals surface area contributed by atoms with E-state index >= 15 is 0 Å². The fourth-order valence-electron chi connectivity index (χ4n) is 5.08. The molecule has 2 aromatic heterocycles. The van der Waals surface area contributed by atoms with Gasteiger partial charge in [0.2, 0.25) is 0 Å². The van der Waals surface area contributed by atoms with Crippen LogP contribution < -0.4 is 17.0 Å². The zero-order chi connectivity index (χ0) is 16.9. The molecule has 2 aliphatic rings. The van der Waals surface area contributed by atoms with Gasteiger partial charge in [-0.15, -0.1) is 0 Å². The number of nitrogens with zero attached hydrogens (tertiary/aromatic N) is 3. The van der Waals surface area contributed by atoms with E-state index in [1.54, 1.807) is 0 Å². The van der Waals surface area contributed by atoms with E-state index in [0.29, 0.717) is 5.92 Å². The Hall–Kier alpha value is -1.26. The van der Waals surface area contributed by atoms with Crippen molar-refractivity contribution in [3.05, 3.63) is 54.1 Å². The average molecular weight is 404 g/mol. The maximum atomic E-state index is 2.58. The first-order chi connectivity index (χ1) is 11.5. The van der Waals surface area contributed by atoms with Gasteiger partial charge in [0.1, 0.15) is 0 Å². The molecule has 4 rings (SSSR count). The van der Waals surface area contributed by atoms with Crippen LogP contribution in [0.15, 0.2) is 42.7 Å². The molecule has 0 aliphatic carbocycles. The molecule has 0 N–H and O–H groups in total. The Morgan fingerprint density at radius 1 is 0.960 bits per heavy atom. The van der Waals surface area contributed by atoms with Crippen LogP contribution in [0.4, 0.5) is 0 Å². The van der Waals surface area contributed by atoms with E-state index < -0.39 is 0 Å². The van der Waals surface area contributed by atoms with Crippen molar-refractivity contribution in [2.24, 2.45) is 20.0 Å². The largest absolute Gasteiger partial charge is 1.00 e. The van der Waals surface area contributed by atoms with E-state index in [0.717, 1.165) is 12.1 Å². The third-order valence-electron chi connectivity index (χ3n) is 6.71. The minimum Gasteiger partial charge on any atom is -1.00 e. The molecular formula is C21H30BrN3. The maximum absolute atomic E-state index is 2.58. The maximum Gasteiger partial charge on any atom is 0.0896 e. The van der Waals surface area contributed by atoms with E-state index in [4.69, 9.17) is 0 Å². The van der Waals surface area contributed by atoms with Gasteiger partial charge in [-0.1, -0.05) is 6.08 Å². The van der Waals surface area contributed by atoms with Gasteiger partial charge in [0.25, 0.3) is 0 Å². The number of aromatic nitrogens is 2. The summed E-state index contributed by atoms with van der Waals surface area (Å²) in [5, 5.41) is 0. The summed E-state index contributed by atoms with van der Waals surface area (Å²) in [5.41, 5.74) is 4.04. The molecular weight excluding hydrogens is 374 g/mol. The lowest BCUT2D eigenvalue weighted by molar-refractivity contribution is -0.931. The van der Waals surface area contributed by atoms with Crippen molar-refractivity contribution in [3.63, 3.8) is 0 Å². The normalized spacial score (nSPS) is 27.0. The van der Waals surface area contributed by atoms with Gasteiger partial charge in [0, 0.05) is 69.1 Å². The molecule has 2 aliphatic heterocycles. The molecule has 136 valence electrons. The highest BCUT2D eigenvalue weighted by molar-refractivity contribution is 5.77. The summed E-state index contributed by atoms with van der Waals surface area (Å²) in [5.74, 6) is 0.702. The highest BCUT2D eigenvalue weighted by Crippen LogP contribution is 2.43. The summed E-state index contributed by atoms with van der Waals surface area (Å²) < 4.78 is 5.74. The first-order valence-corrected chi connectivity index (χ1v) is 9.25. The molecule has 4 heterocycles. The van der Waals surface area contributed by atoms with E-state index in [1.165, 1.54) is 47.1 Å². The van der Waals surface area contributed by atoms with Gasteiger partial charge in [-0.25, -0.2) is 0 Å². The van der Waals surface area contributed by atoms with Gasteiger partial charge in [0.05, 0.1) is 26.2 Å². The summed E-state index contributed by atoms with van der Waals surface area (Å²) in [4.78, 5) is 0. The highest BCUT2D eigenvalue weighted by atomic mass is 79.9. The molecule has 0 spiro atoms. The monoisotopic (exact) mass is 403 g/mol. The number of piperidine rings is 1. The minimum absolute atomic E-state index is 0. The Morgan fingerprint density at radius 3 is 1.84 bits per heavy atom. The number of fused-ring (bicyclic) bond motifs is 2. The summed E-state index contributed by atoms with van der Waals surface area (Å²) in [6, 6.07) is 10.5. The Balaban J connectivity index is 0.00000182. The SMILES string of the molecule is Cn1cccc1C(=C[C@H]1C[C@H]2CC[C@@H](C1)[N+]2(C)C)c1cccn1C.[Br-]. The lowest BCUT2D eigenvalue weighted by Crippen LogP contribution is -3.00. The Morgan fingerprint density at radius 2 is 1.44 bits per heavy atom. The zero-order valence-electron chi connectivity index (χ0n) is 15.8. The van der Waals surface area contributed by atoms with Gasteiger partial charge < -0.3 is 30.6 Å². The van der Waals surface area contributed by atoms with Crippen LogP contribution in [0.1, 0.15) is 37.1 Å². The topological polar surface area (TPSA) is 9.86 Å². The first kappa shape index (κ1) is 18.5. The number of quaternary nitrogens is 1. The quantitative estimate of drug-likeness (QED) is 0.671. The van der Waals surface area contributed by atoms with Crippen molar-refractivity contribution >= 4 is 5.57 Å². The molecule has 2 fully saturated rings. The van der Waals surface area contributed by atoms with Crippen LogP contribution in [-0.2, 0) is 14.1 Å². The first-order valence-electron chi connectivity index (χ1n) is 9.25. The molecule has 0 aromatic carbocycles. The van der Waals surface area contributed by atoms with Crippen molar-refractivity contribution in [1.29, 1.82) is 0 Å². The van der Waals surface area contributed by atoms with Crippen LogP contribution in [0.3, 0.4) is 0 Å². The van der Waals surface area contributed by atoms with Crippen LogP contribution in [0.5, 0.6) is 0 Å². The van der Waals surface area contributed by atoms with E-state index in [2.05, 4.69) is 80.1 Å². The van der Waals surface area contributed by atoms with Crippen LogP contribution in [0.25, 0.3) is 5.57 Å². The van der Waals surface area contributed by atoms with Crippen LogP contribution in [-0.4, -0.2) is 39.8 Å². The summed E-state index contributed by atoms with van der Waals surface area (Å²) in [6.45, 7) is 0. The number of aryl methyl sites for hydroxylation is 2. The van der Waals surface area contributed by atoms with Crippen LogP contribution in [0.2, 0.25) is 0 Å². The third-order valence-corrected chi connectivity index (χ3v) is 6.71. The summed E-state index contributed by atoms with van der Waals surface area (Å²) in [7, 11) is 9.18. The average Bonchev–Trinajstić information content (AvgIpc) is 3.15. The second-order valence-corrected chi connectivity index (χ2v) is 8.33. The predicted octanol–water partition coefficient (Wildman–Crippen LogP) is 0.817. The molecule has 2 saturated heterocycles. The zero-order valence-corrected chi connectivity index (χ0v) is 17.4. The van der Waals surface area contributed by atoms with Crippen molar-refractivity contribution < 1.29 is 21.5 Å². The molecule has 0 amide bonds. The Labute approximate surface area is 162 Å². The lowest BCUT2D eigenvalue weighted by Gasteiger charge is -2.44. The molecule has 2 bridgehead atoms. The van der Waals surface area contributed by atoms with Gasteiger partial charge in [-0.3, -0.25) is 0 Å². The summed E-state index contributed by atoms with van der Waals surface area (Å²) in [6.07, 6.45) is 12.4. The number of hydrogen-bond acceptors (Lipinski definition) is 0. The Kier molecular flexibility index (Phi) is 5.04. The molecule has 0 unspecified atom stereocenters. The van der Waals surface area contributed by atoms with Gasteiger partial charge >= 0.3 is 0 Å². The fraction of sp³-hybridized carbons (Fsp3) is 0.524. The number of halogens is 1. The molecule has 0 radical (unpaired) electrons. The highest BCUT2D eigenvalue weighted by Gasteiger charge is 2.48. The third kappa shape index (κ3) is 3.15. The number of allylic oxidation sites excluding steroid dienone is 1. The van der Waals surface area contributed by atoms with Crippen molar-refractivity contribution in [1.82, 2.24) is 9.13 Å². The van der Waals surface area contributed by atoms with E-state index in [1.807, 2.05) is 0 Å².